The molecule has 126 valence electrons. The first kappa shape index (κ1) is 18.3. The van der Waals surface area contributed by atoms with Crippen molar-refractivity contribution in [3.05, 3.63) is 59.4 Å². The van der Waals surface area contributed by atoms with Gasteiger partial charge in [-0.3, -0.25) is 0 Å². The summed E-state index contributed by atoms with van der Waals surface area (Å²) in [6.45, 7) is 4.60. The number of benzene rings is 2. The van der Waals surface area contributed by atoms with Gasteiger partial charge < -0.3 is 16.0 Å². The maximum atomic E-state index is 5.95. The largest absolute Gasteiger partial charge is 0.370 e. The molecule has 0 amide bonds. The molecule has 0 aliphatic rings. The molecule has 0 fully saturated rings. The number of halogens is 1. The zero-order valence-electron chi connectivity index (χ0n) is 13.8. The summed E-state index contributed by atoms with van der Waals surface area (Å²) >= 11 is 0. The number of para-hydroxylation sites is 1. The Morgan fingerprint density at radius 3 is 2.62 bits per heavy atom. The second kappa shape index (κ2) is 8.14. The van der Waals surface area contributed by atoms with E-state index in [2.05, 4.69) is 39.3 Å². The van der Waals surface area contributed by atoms with Crippen LogP contribution in [0.25, 0.3) is 11.0 Å². The van der Waals surface area contributed by atoms with Crippen LogP contribution in [0.4, 0.5) is 5.69 Å². The molecule has 0 unspecified atom stereocenters. The Morgan fingerprint density at radius 2 is 1.96 bits per heavy atom. The van der Waals surface area contributed by atoms with E-state index in [9.17, 15) is 0 Å². The molecule has 2 aromatic carbocycles. The highest BCUT2D eigenvalue weighted by atomic mass is 127. The summed E-state index contributed by atoms with van der Waals surface area (Å²) in [6.07, 6.45) is 1.02. The Balaban J connectivity index is 0.00000208. The predicted molar refractivity (Wildman–Crippen MR) is 111 cm³/mol. The Morgan fingerprint density at radius 1 is 1.21 bits per heavy atom. The van der Waals surface area contributed by atoms with Gasteiger partial charge in [-0.15, -0.1) is 24.0 Å². The van der Waals surface area contributed by atoms with Crippen LogP contribution in [0.2, 0.25) is 0 Å². The lowest BCUT2D eigenvalue weighted by atomic mass is 10.1. The lowest BCUT2D eigenvalue weighted by Crippen LogP contribution is -2.22. The lowest BCUT2D eigenvalue weighted by Gasteiger charge is -2.06. The number of anilines is 1. The minimum absolute atomic E-state index is 0. The summed E-state index contributed by atoms with van der Waals surface area (Å²) in [5.74, 6) is 1.19. The first-order chi connectivity index (χ1) is 11.2. The van der Waals surface area contributed by atoms with Crippen LogP contribution in [0.15, 0.2) is 47.5 Å². The fourth-order valence-electron chi connectivity index (χ4n) is 2.47. The number of aromatic amines is 1. The molecule has 24 heavy (non-hydrogen) atoms. The molecular weight excluding hydrogens is 413 g/mol. The Kier molecular flexibility index (Phi) is 6.19. The second-order valence-electron chi connectivity index (χ2n) is 5.53. The van der Waals surface area contributed by atoms with E-state index in [0.29, 0.717) is 12.5 Å². The minimum atomic E-state index is 0. The number of aryl methyl sites for hydroxylation is 2. The van der Waals surface area contributed by atoms with Gasteiger partial charge in [-0.2, -0.15) is 0 Å². The number of rotatable bonds is 4. The van der Waals surface area contributed by atoms with Gasteiger partial charge in [-0.1, -0.05) is 31.2 Å². The molecule has 3 aromatic rings. The number of aliphatic imine (C=N–C) groups is 1. The summed E-state index contributed by atoms with van der Waals surface area (Å²) in [5, 5.41) is 3.09. The van der Waals surface area contributed by atoms with Gasteiger partial charge in [0.25, 0.3) is 0 Å². The van der Waals surface area contributed by atoms with Crippen molar-refractivity contribution in [2.75, 3.05) is 5.32 Å². The van der Waals surface area contributed by atoms with E-state index < -0.39 is 0 Å². The molecule has 0 aliphatic carbocycles. The summed E-state index contributed by atoms with van der Waals surface area (Å²) < 4.78 is 0. The van der Waals surface area contributed by atoms with E-state index in [-0.39, 0.29) is 24.0 Å². The van der Waals surface area contributed by atoms with Gasteiger partial charge in [0.2, 0.25) is 0 Å². The van der Waals surface area contributed by atoms with Crippen molar-refractivity contribution in [1.29, 1.82) is 0 Å². The number of imidazole rings is 1. The third-order valence-electron chi connectivity index (χ3n) is 3.80. The van der Waals surface area contributed by atoms with Crippen LogP contribution in [0.5, 0.6) is 0 Å². The average Bonchev–Trinajstić information content (AvgIpc) is 2.98. The molecule has 3 rings (SSSR count). The number of nitrogens with zero attached hydrogens (tertiary/aromatic N) is 2. The molecule has 0 spiro atoms. The fourth-order valence-corrected chi connectivity index (χ4v) is 2.47. The van der Waals surface area contributed by atoms with Crippen molar-refractivity contribution in [2.45, 2.75) is 26.8 Å². The van der Waals surface area contributed by atoms with E-state index in [4.69, 9.17) is 5.73 Å². The monoisotopic (exact) mass is 435 g/mol. The third-order valence-corrected chi connectivity index (χ3v) is 3.80. The van der Waals surface area contributed by atoms with Crippen molar-refractivity contribution < 1.29 is 0 Å². The van der Waals surface area contributed by atoms with Gasteiger partial charge in [-0.25, -0.2) is 9.98 Å². The van der Waals surface area contributed by atoms with Gasteiger partial charge in [0, 0.05) is 5.69 Å². The van der Waals surface area contributed by atoms with Crippen LogP contribution in [0.3, 0.4) is 0 Å². The maximum absolute atomic E-state index is 5.95. The number of aromatic nitrogens is 2. The zero-order chi connectivity index (χ0) is 16.2. The molecular formula is C18H22IN5. The van der Waals surface area contributed by atoms with Crippen molar-refractivity contribution in [1.82, 2.24) is 9.97 Å². The predicted octanol–water partition coefficient (Wildman–Crippen LogP) is 3.98. The van der Waals surface area contributed by atoms with Gasteiger partial charge >= 0.3 is 0 Å². The number of H-pyrrole nitrogens is 1. The summed E-state index contributed by atoms with van der Waals surface area (Å²) in [7, 11) is 0. The van der Waals surface area contributed by atoms with Gasteiger partial charge in [-0.05, 0) is 42.7 Å². The molecule has 0 atom stereocenters. The molecule has 0 radical (unpaired) electrons. The van der Waals surface area contributed by atoms with Crippen molar-refractivity contribution in [3.63, 3.8) is 0 Å². The van der Waals surface area contributed by atoms with Gasteiger partial charge in [0.05, 0.1) is 11.0 Å². The summed E-state index contributed by atoms with van der Waals surface area (Å²) in [6, 6.07) is 14.2. The molecule has 0 bridgehead atoms. The fraction of sp³-hybridized carbons (Fsp3) is 0.222. The molecule has 0 saturated heterocycles. The standard InChI is InChI=1S/C18H21N5.HI/c1-3-13-7-9-14(10-8-13)21-18(19)20-11-16-22-15-6-4-5-12(2)17(15)23-16;/h4-10H,3,11H2,1-2H3,(H,22,23)(H3,19,20,21);1H. The number of hydrogen-bond donors (Lipinski definition) is 3. The Hall–Kier alpha value is -2.09. The van der Waals surface area contributed by atoms with E-state index in [0.717, 1.165) is 34.5 Å². The van der Waals surface area contributed by atoms with Crippen molar-refractivity contribution >= 4 is 46.7 Å². The second-order valence-corrected chi connectivity index (χ2v) is 5.53. The Labute approximate surface area is 158 Å². The SMILES string of the molecule is CCc1ccc(NC(N)=NCc2nc3c(C)cccc3[nH]2)cc1.I. The zero-order valence-corrected chi connectivity index (χ0v) is 16.2. The number of nitrogens with two attached hydrogens (primary N) is 1. The summed E-state index contributed by atoms with van der Waals surface area (Å²) in [5.41, 5.74) is 11.3. The molecule has 0 aliphatic heterocycles. The highest BCUT2D eigenvalue weighted by Gasteiger charge is 2.04. The van der Waals surface area contributed by atoms with E-state index in [1.54, 1.807) is 0 Å². The quantitative estimate of drug-likeness (QED) is 0.330. The minimum Gasteiger partial charge on any atom is -0.370 e. The smallest absolute Gasteiger partial charge is 0.193 e. The number of hydrogen-bond acceptors (Lipinski definition) is 2. The van der Waals surface area contributed by atoms with Crippen LogP contribution in [0, 0.1) is 6.92 Å². The first-order valence-electron chi connectivity index (χ1n) is 7.76. The normalized spacial score (nSPS) is 11.3. The molecule has 4 N–H and O–H groups in total. The summed E-state index contributed by atoms with van der Waals surface area (Å²) in [4.78, 5) is 12.2. The maximum Gasteiger partial charge on any atom is 0.193 e. The highest BCUT2D eigenvalue weighted by molar-refractivity contribution is 14.0. The third kappa shape index (κ3) is 4.25. The van der Waals surface area contributed by atoms with E-state index in [1.807, 2.05) is 37.3 Å². The van der Waals surface area contributed by atoms with Crippen LogP contribution >= 0.6 is 24.0 Å². The molecule has 0 saturated carbocycles. The van der Waals surface area contributed by atoms with Crippen LogP contribution in [-0.2, 0) is 13.0 Å². The average molecular weight is 435 g/mol. The number of nitrogens with one attached hydrogen (secondary N) is 2. The molecule has 1 heterocycles. The van der Waals surface area contributed by atoms with Crippen molar-refractivity contribution in [2.24, 2.45) is 10.7 Å². The molecule has 6 heteroatoms. The Bertz CT molecular complexity index is 836. The van der Waals surface area contributed by atoms with Crippen LogP contribution in [0.1, 0.15) is 23.9 Å². The number of guanidine groups is 1. The van der Waals surface area contributed by atoms with E-state index in [1.165, 1.54) is 5.56 Å². The van der Waals surface area contributed by atoms with E-state index >= 15 is 0 Å². The van der Waals surface area contributed by atoms with Gasteiger partial charge in [0.1, 0.15) is 12.4 Å². The topological polar surface area (TPSA) is 79.1 Å². The molecule has 5 nitrogen and oxygen atoms in total. The first-order valence-corrected chi connectivity index (χ1v) is 7.76. The highest BCUT2D eigenvalue weighted by Crippen LogP contribution is 2.16. The molecule has 1 aromatic heterocycles. The van der Waals surface area contributed by atoms with Crippen molar-refractivity contribution in [3.8, 4) is 0 Å². The van der Waals surface area contributed by atoms with Crippen LogP contribution < -0.4 is 11.1 Å². The van der Waals surface area contributed by atoms with Crippen LogP contribution in [-0.4, -0.2) is 15.9 Å². The number of fused-ring (bicyclic) bond motifs is 1. The lowest BCUT2D eigenvalue weighted by molar-refractivity contribution is 0.954. The van der Waals surface area contributed by atoms with Gasteiger partial charge in [0.15, 0.2) is 5.96 Å².